The van der Waals surface area contributed by atoms with Crippen molar-refractivity contribution in [2.24, 2.45) is 0 Å². The molecule has 0 saturated carbocycles. The number of fused-ring (bicyclic) bond motifs is 1. The number of rotatable bonds is 2. The van der Waals surface area contributed by atoms with E-state index < -0.39 is 11.6 Å². The molecular weight excluding hydrogens is 254 g/mol. The molecule has 3 rings (SSSR count). The molecule has 0 unspecified atom stereocenters. The Labute approximate surface area is 106 Å². The second-order valence-electron chi connectivity index (χ2n) is 4.00. The number of aryl methyl sites for hydroxylation is 1. The molecule has 1 N–H and O–H groups in total. The molecule has 3 aromatic rings. The second kappa shape index (κ2) is 4.17. The number of thiophene rings is 1. The molecule has 2 aromatic heterocycles. The normalized spacial score (nSPS) is 11.3. The predicted octanol–water partition coefficient (Wildman–Crippen LogP) is 4.13. The van der Waals surface area contributed by atoms with Gasteiger partial charge in [0.1, 0.15) is 17.2 Å². The minimum absolute atomic E-state index is 0.182. The fourth-order valence-corrected chi connectivity index (χ4v) is 2.91. The van der Waals surface area contributed by atoms with Crippen LogP contribution in [0, 0.1) is 11.6 Å². The van der Waals surface area contributed by atoms with Gasteiger partial charge in [0.2, 0.25) is 0 Å². The van der Waals surface area contributed by atoms with Crippen LogP contribution < -0.4 is 0 Å². The Balaban J connectivity index is 2.22. The second-order valence-corrected chi connectivity index (χ2v) is 4.91. The summed E-state index contributed by atoms with van der Waals surface area (Å²) in [5, 5.41) is 1.97. The van der Waals surface area contributed by atoms with Crippen LogP contribution in [0.15, 0.2) is 23.6 Å². The van der Waals surface area contributed by atoms with E-state index in [0.717, 1.165) is 22.9 Å². The van der Waals surface area contributed by atoms with Crippen molar-refractivity contribution >= 4 is 22.4 Å². The number of imidazole rings is 1. The zero-order valence-corrected chi connectivity index (χ0v) is 10.4. The number of H-pyrrole nitrogens is 1. The number of halogens is 2. The standard InChI is InChI=1S/C13H10F2N2S/c1-2-7-3-4-18-12(7)13-16-10-6-8(14)5-9(15)11(10)17-13/h3-6H,2H2,1H3,(H,16,17). The maximum absolute atomic E-state index is 13.6. The molecule has 2 nitrogen and oxygen atoms in total. The van der Waals surface area contributed by atoms with E-state index in [9.17, 15) is 8.78 Å². The zero-order valence-electron chi connectivity index (χ0n) is 9.63. The van der Waals surface area contributed by atoms with Crippen molar-refractivity contribution in [3.8, 4) is 10.7 Å². The minimum atomic E-state index is -0.637. The Morgan fingerprint density at radius 1 is 1.33 bits per heavy atom. The van der Waals surface area contributed by atoms with Crippen LogP contribution >= 0.6 is 11.3 Å². The Kier molecular flexibility index (Phi) is 2.63. The van der Waals surface area contributed by atoms with Gasteiger partial charge in [0.15, 0.2) is 5.82 Å². The molecule has 0 amide bonds. The highest BCUT2D eigenvalue weighted by molar-refractivity contribution is 7.13. The lowest BCUT2D eigenvalue weighted by Crippen LogP contribution is -1.82. The van der Waals surface area contributed by atoms with E-state index in [-0.39, 0.29) is 5.52 Å². The van der Waals surface area contributed by atoms with Crippen LogP contribution in [0.4, 0.5) is 8.78 Å². The Morgan fingerprint density at radius 2 is 2.17 bits per heavy atom. The molecule has 0 atom stereocenters. The van der Waals surface area contributed by atoms with Crippen molar-refractivity contribution in [2.75, 3.05) is 0 Å². The lowest BCUT2D eigenvalue weighted by Gasteiger charge is -1.95. The molecular formula is C13H10F2N2S. The molecule has 1 aromatic carbocycles. The molecule has 0 spiro atoms. The number of aromatic nitrogens is 2. The van der Waals surface area contributed by atoms with Gasteiger partial charge in [-0.1, -0.05) is 6.92 Å². The van der Waals surface area contributed by atoms with Gasteiger partial charge in [-0.2, -0.15) is 0 Å². The van der Waals surface area contributed by atoms with Gasteiger partial charge in [0.05, 0.1) is 10.4 Å². The summed E-state index contributed by atoms with van der Waals surface area (Å²) in [6.45, 7) is 2.05. The van der Waals surface area contributed by atoms with Gasteiger partial charge in [-0.15, -0.1) is 11.3 Å². The quantitative estimate of drug-likeness (QED) is 0.740. The highest BCUT2D eigenvalue weighted by Gasteiger charge is 2.13. The topological polar surface area (TPSA) is 28.7 Å². The molecule has 0 aliphatic carbocycles. The lowest BCUT2D eigenvalue weighted by atomic mass is 10.2. The number of benzene rings is 1. The van der Waals surface area contributed by atoms with Crippen molar-refractivity contribution in [2.45, 2.75) is 13.3 Å². The Morgan fingerprint density at radius 3 is 2.94 bits per heavy atom. The summed E-state index contributed by atoms with van der Waals surface area (Å²) in [6.07, 6.45) is 0.882. The van der Waals surface area contributed by atoms with Crippen LogP contribution in [0.3, 0.4) is 0 Å². The van der Waals surface area contributed by atoms with Crippen LogP contribution in [0.5, 0.6) is 0 Å². The third-order valence-electron chi connectivity index (χ3n) is 2.85. The van der Waals surface area contributed by atoms with E-state index in [1.165, 1.54) is 6.07 Å². The monoisotopic (exact) mass is 264 g/mol. The van der Waals surface area contributed by atoms with E-state index in [0.29, 0.717) is 11.3 Å². The predicted molar refractivity (Wildman–Crippen MR) is 68.7 cm³/mol. The SMILES string of the molecule is CCc1ccsc1-c1nc2c(F)cc(F)cc2[nH]1. The van der Waals surface area contributed by atoms with Crippen molar-refractivity contribution in [1.82, 2.24) is 9.97 Å². The number of nitrogens with zero attached hydrogens (tertiary/aromatic N) is 1. The maximum atomic E-state index is 13.6. The molecule has 0 radical (unpaired) electrons. The first-order chi connectivity index (χ1) is 8.69. The van der Waals surface area contributed by atoms with E-state index >= 15 is 0 Å². The van der Waals surface area contributed by atoms with E-state index in [2.05, 4.69) is 16.9 Å². The first-order valence-corrected chi connectivity index (χ1v) is 6.48. The van der Waals surface area contributed by atoms with Crippen LogP contribution in [0.1, 0.15) is 12.5 Å². The third kappa shape index (κ3) is 1.71. The third-order valence-corrected chi connectivity index (χ3v) is 3.81. The largest absolute Gasteiger partial charge is 0.337 e. The molecule has 0 aliphatic heterocycles. The highest BCUT2D eigenvalue weighted by atomic mass is 32.1. The molecule has 0 aliphatic rings. The molecule has 92 valence electrons. The lowest BCUT2D eigenvalue weighted by molar-refractivity contribution is 0.591. The van der Waals surface area contributed by atoms with Crippen molar-refractivity contribution in [1.29, 1.82) is 0 Å². The van der Waals surface area contributed by atoms with E-state index in [4.69, 9.17) is 0 Å². The average Bonchev–Trinajstić information content (AvgIpc) is 2.92. The van der Waals surface area contributed by atoms with Crippen molar-refractivity contribution < 1.29 is 8.78 Å². The van der Waals surface area contributed by atoms with Crippen LogP contribution in [-0.4, -0.2) is 9.97 Å². The molecule has 2 heterocycles. The van der Waals surface area contributed by atoms with E-state index in [1.54, 1.807) is 11.3 Å². The molecule has 0 fully saturated rings. The summed E-state index contributed by atoms with van der Waals surface area (Å²) < 4.78 is 26.7. The zero-order chi connectivity index (χ0) is 12.7. The summed E-state index contributed by atoms with van der Waals surface area (Å²) in [5.74, 6) is -0.638. The van der Waals surface area contributed by atoms with Gasteiger partial charge in [-0.25, -0.2) is 13.8 Å². The molecule has 5 heteroatoms. The first kappa shape index (κ1) is 11.3. The number of hydrogen-bond acceptors (Lipinski definition) is 2. The summed E-state index contributed by atoms with van der Waals surface area (Å²) in [6, 6.07) is 4.13. The average molecular weight is 264 g/mol. The summed E-state index contributed by atoms with van der Waals surface area (Å²) in [4.78, 5) is 8.17. The Hall–Kier alpha value is -1.75. The minimum Gasteiger partial charge on any atom is -0.337 e. The summed E-state index contributed by atoms with van der Waals surface area (Å²) >= 11 is 1.54. The number of nitrogens with one attached hydrogen (secondary N) is 1. The van der Waals surface area contributed by atoms with Gasteiger partial charge in [-0.05, 0) is 29.5 Å². The summed E-state index contributed by atoms with van der Waals surface area (Å²) in [5.41, 5.74) is 1.72. The fourth-order valence-electron chi connectivity index (χ4n) is 1.97. The molecule has 18 heavy (non-hydrogen) atoms. The first-order valence-electron chi connectivity index (χ1n) is 5.60. The molecule has 0 saturated heterocycles. The molecule has 0 bridgehead atoms. The van der Waals surface area contributed by atoms with Crippen LogP contribution in [0.2, 0.25) is 0 Å². The van der Waals surface area contributed by atoms with E-state index in [1.807, 2.05) is 11.4 Å². The smallest absolute Gasteiger partial charge is 0.153 e. The van der Waals surface area contributed by atoms with Crippen LogP contribution in [0.25, 0.3) is 21.7 Å². The van der Waals surface area contributed by atoms with Gasteiger partial charge < -0.3 is 4.98 Å². The number of aromatic amines is 1. The Bertz CT molecular complexity index is 715. The summed E-state index contributed by atoms with van der Waals surface area (Å²) in [7, 11) is 0. The van der Waals surface area contributed by atoms with Crippen molar-refractivity contribution in [3.05, 3.63) is 40.8 Å². The fraction of sp³-hybridized carbons (Fsp3) is 0.154. The van der Waals surface area contributed by atoms with Gasteiger partial charge in [-0.3, -0.25) is 0 Å². The van der Waals surface area contributed by atoms with Crippen molar-refractivity contribution in [3.63, 3.8) is 0 Å². The van der Waals surface area contributed by atoms with Gasteiger partial charge >= 0.3 is 0 Å². The maximum Gasteiger partial charge on any atom is 0.153 e. The van der Waals surface area contributed by atoms with Gasteiger partial charge in [0, 0.05) is 6.07 Å². The van der Waals surface area contributed by atoms with Gasteiger partial charge in [0.25, 0.3) is 0 Å². The van der Waals surface area contributed by atoms with Crippen LogP contribution in [-0.2, 0) is 6.42 Å². The highest BCUT2D eigenvalue weighted by Crippen LogP contribution is 2.30. The number of hydrogen-bond donors (Lipinski definition) is 1.